The first-order chi connectivity index (χ1) is 15.1. The predicted octanol–water partition coefficient (Wildman–Crippen LogP) is 3.52. The quantitative estimate of drug-likeness (QED) is 0.779. The lowest BCUT2D eigenvalue weighted by Gasteiger charge is -2.41. The highest BCUT2D eigenvalue weighted by Gasteiger charge is 2.32. The first-order valence-electron chi connectivity index (χ1n) is 12.1. The zero-order chi connectivity index (χ0) is 21.6. The average molecular weight is 430 g/mol. The molecular formula is C25H36FN3O2. The molecule has 5 nitrogen and oxygen atoms in total. The fourth-order valence-corrected chi connectivity index (χ4v) is 5.53. The molecule has 1 aromatic rings. The van der Waals surface area contributed by atoms with Crippen LogP contribution in [-0.4, -0.2) is 59.9 Å². The fraction of sp³-hybridized carbons (Fsp3) is 0.680. The monoisotopic (exact) mass is 429 g/mol. The van der Waals surface area contributed by atoms with Crippen LogP contribution in [0.25, 0.3) is 0 Å². The second kappa shape index (κ2) is 10.6. The Morgan fingerprint density at radius 1 is 0.903 bits per heavy atom. The van der Waals surface area contributed by atoms with Crippen LogP contribution in [0.2, 0.25) is 0 Å². The van der Waals surface area contributed by atoms with Gasteiger partial charge in [0.15, 0.2) is 0 Å². The van der Waals surface area contributed by atoms with Gasteiger partial charge in [0.1, 0.15) is 5.82 Å². The van der Waals surface area contributed by atoms with E-state index in [1.807, 2.05) is 4.90 Å². The summed E-state index contributed by atoms with van der Waals surface area (Å²) >= 11 is 0. The van der Waals surface area contributed by atoms with E-state index in [-0.39, 0.29) is 36.0 Å². The van der Waals surface area contributed by atoms with Gasteiger partial charge in [0.25, 0.3) is 0 Å². The first-order valence-corrected chi connectivity index (χ1v) is 12.1. The van der Waals surface area contributed by atoms with Crippen LogP contribution in [0.4, 0.5) is 4.39 Å². The smallest absolute Gasteiger partial charge is 0.227 e. The minimum absolute atomic E-state index is 0.0187. The Hall–Kier alpha value is -1.95. The number of piperidine rings is 2. The molecule has 2 saturated heterocycles. The Morgan fingerprint density at radius 2 is 1.65 bits per heavy atom. The third kappa shape index (κ3) is 6.06. The summed E-state index contributed by atoms with van der Waals surface area (Å²) in [5.41, 5.74) is 0.808. The van der Waals surface area contributed by atoms with Gasteiger partial charge in [-0.2, -0.15) is 0 Å². The third-order valence-electron chi connectivity index (χ3n) is 7.30. The Balaban J connectivity index is 1.27. The van der Waals surface area contributed by atoms with Crippen molar-refractivity contribution in [2.45, 2.75) is 76.3 Å². The van der Waals surface area contributed by atoms with Gasteiger partial charge >= 0.3 is 0 Å². The van der Waals surface area contributed by atoms with Crippen molar-refractivity contribution in [2.24, 2.45) is 5.92 Å². The van der Waals surface area contributed by atoms with Gasteiger partial charge in [-0.05, 0) is 62.8 Å². The van der Waals surface area contributed by atoms with Crippen LogP contribution in [0, 0.1) is 11.7 Å². The van der Waals surface area contributed by atoms with Crippen molar-refractivity contribution in [1.82, 2.24) is 15.1 Å². The largest absolute Gasteiger partial charge is 0.352 e. The van der Waals surface area contributed by atoms with Gasteiger partial charge in [0.05, 0.1) is 12.3 Å². The number of likely N-dealkylation sites (tertiary alicyclic amines) is 2. The molecular weight excluding hydrogens is 393 g/mol. The van der Waals surface area contributed by atoms with Crippen LogP contribution in [0.1, 0.15) is 63.4 Å². The van der Waals surface area contributed by atoms with Gasteiger partial charge in [-0.25, -0.2) is 4.39 Å². The highest BCUT2D eigenvalue weighted by atomic mass is 19.1. The van der Waals surface area contributed by atoms with Gasteiger partial charge in [-0.15, -0.1) is 0 Å². The van der Waals surface area contributed by atoms with Crippen molar-refractivity contribution in [2.75, 3.05) is 26.2 Å². The zero-order valence-corrected chi connectivity index (χ0v) is 18.5. The molecule has 2 heterocycles. The lowest BCUT2D eigenvalue weighted by molar-refractivity contribution is -0.135. The molecule has 2 aliphatic heterocycles. The maximum absolute atomic E-state index is 13.1. The molecule has 1 saturated carbocycles. The highest BCUT2D eigenvalue weighted by Crippen LogP contribution is 2.26. The Kier molecular flexibility index (Phi) is 7.59. The van der Waals surface area contributed by atoms with Crippen LogP contribution in [-0.2, 0) is 16.0 Å². The molecule has 4 rings (SSSR count). The van der Waals surface area contributed by atoms with E-state index in [0.29, 0.717) is 19.1 Å². The molecule has 0 bridgehead atoms. The number of nitrogens with zero attached hydrogens (tertiary/aromatic N) is 2. The number of halogens is 1. The summed E-state index contributed by atoms with van der Waals surface area (Å²) in [6, 6.07) is 7.01. The maximum atomic E-state index is 13.1. The van der Waals surface area contributed by atoms with Crippen molar-refractivity contribution in [3.8, 4) is 0 Å². The number of carbonyl (C=O) groups is 2. The second-order valence-corrected chi connectivity index (χ2v) is 9.62. The van der Waals surface area contributed by atoms with E-state index in [4.69, 9.17) is 0 Å². The lowest BCUT2D eigenvalue weighted by Crippen LogP contribution is -2.54. The van der Waals surface area contributed by atoms with E-state index in [0.717, 1.165) is 44.3 Å². The van der Waals surface area contributed by atoms with Crippen LogP contribution < -0.4 is 5.32 Å². The zero-order valence-electron chi connectivity index (χ0n) is 18.5. The van der Waals surface area contributed by atoms with Crippen molar-refractivity contribution >= 4 is 11.8 Å². The minimum Gasteiger partial charge on any atom is -0.352 e. The molecule has 2 atom stereocenters. The highest BCUT2D eigenvalue weighted by molar-refractivity contribution is 5.82. The number of hydrogen-bond donors (Lipinski definition) is 1. The number of nitrogens with one attached hydrogen (secondary N) is 1. The van der Waals surface area contributed by atoms with E-state index in [1.54, 1.807) is 12.1 Å². The van der Waals surface area contributed by atoms with Crippen LogP contribution in [0.5, 0.6) is 0 Å². The first kappa shape index (κ1) is 22.3. The average Bonchev–Trinajstić information content (AvgIpc) is 2.81. The molecule has 1 aromatic carbocycles. The number of benzene rings is 1. The van der Waals surface area contributed by atoms with Gasteiger partial charge in [-0.3, -0.25) is 14.5 Å². The van der Waals surface area contributed by atoms with E-state index in [1.165, 1.54) is 44.2 Å². The third-order valence-corrected chi connectivity index (χ3v) is 7.30. The Bertz CT molecular complexity index is 748. The van der Waals surface area contributed by atoms with Crippen molar-refractivity contribution < 1.29 is 14.0 Å². The summed E-state index contributed by atoms with van der Waals surface area (Å²) in [6.45, 7) is 3.32. The summed E-state index contributed by atoms with van der Waals surface area (Å²) in [5, 5.41) is 3.31. The molecule has 3 aliphatic rings. The SMILES string of the molecule is O=C(NC1CCCN(C2CCCCC2)C1)C1CCCN(C(=O)Cc2ccc(F)cc2)C1. The molecule has 0 spiro atoms. The molecule has 2 amide bonds. The molecule has 1 N–H and O–H groups in total. The van der Waals surface area contributed by atoms with E-state index >= 15 is 0 Å². The van der Waals surface area contributed by atoms with Gasteiger partial charge < -0.3 is 10.2 Å². The van der Waals surface area contributed by atoms with E-state index in [2.05, 4.69) is 10.2 Å². The minimum atomic E-state index is -0.296. The number of amides is 2. The molecule has 170 valence electrons. The molecule has 3 fully saturated rings. The summed E-state index contributed by atoms with van der Waals surface area (Å²) in [7, 11) is 0. The topological polar surface area (TPSA) is 52.7 Å². The van der Waals surface area contributed by atoms with E-state index in [9.17, 15) is 14.0 Å². The summed E-state index contributed by atoms with van der Waals surface area (Å²) in [4.78, 5) is 30.1. The van der Waals surface area contributed by atoms with Crippen molar-refractivity contribution in [1.29, 1.82) is 0 Å². The number of carbonyl (C=O) groups excluding carboxylic acids is 2. The molecule has 0 radical (unpaired) electrons. The molecule has 1 aliphatic carbocycles. The second-order valence-electron chi connectivity index (χ2n) is 9.62. The van der Waals surface area contributed by atoms with Crippen molar-refractivity contribution in [3.05, 3.63) is 35.6 Å². The van der Waals surface area contributed by atoms with Crippen LogP contribution >= 0.6 is 0 Å². The van der Waals surface area contributed by atoms with Gasteiger partial charge in [0.2, 0.25) is 11.8 Å². The Morgan fingerprint density at radius 3 is 2.42 bits per heavy atom. The standard InChI is InChI=1S/C25H36FN3O2/c26-21-12-10-19(11-13-21)16-24(30)29-15-4-6-20(17-29)25(31)27-22-7-5-14-28(18-22)23-8-2-1-3-9-23/h10-13,20,22-23H,1-9,14-18H2,(H,27,31). The molecule has 6 heteroatoms. The van der Waals surface area contributed by atoms with Gasteiger partial charge in [0, 0.05) is 31.7 Å². The normalized spacial score (nSPS) is 25.9. The maximum Gasteiger partial charge on any atom is 0.227 e. The van der Waals surface area contributed by atoms with Crippen LogP contribution in [0.3, 0.4) is 0 Å². The molecule has 31 heavy (non-hydrogen) atoms. The predicted molar refractivity (Wildman–Crippen MR) is 119 cm³/mol. The van der Waals surface area contributed by atoms with E-state index < -0.39 is 0 Å². The van der Waals surface area contributed by atoms with Crippen LogP contribution in [0.15, 0.2) is 24.3 Å². The molecule has 0 aromatic heterocycles. The summed E-state index contributed by atoms with van der Waals surface area (Å²) in [6.07, 6.45) is 10.8. The molecule has 2 unspecified atom stereocenters. The van der Waals surface area contributed by atoms with Crippen molar-refractivity contribution in [3.63, 3.8) is 0 Å². The van der Waals surface area contributed by atoms with Gasteiger partial charge in [-0.1, -0.05) is 31.4 Å². The number of rotatable bonds is 5. The summed E-state index contributed by atoms with van der Waals surface area (Å²) < 4.78 is 13.1. The number of hydrogen-bond acceptors (Lipinski definition) is 3. The summed E-state index contributed by atoms with van der Waals surface area (Å²) in [5.74, 6) is -0.299. The Labute approximate surface area is 185 Å². The lowest BCUT2D eigenvalue weighted by atomic mass is 9.91. The fourth-order valence-electron chi connectivity index (χ4n) is 5.53.